The zero-order valence-electron chi connectivity index (χ0n) is 6.24. The summed E-state index contributed by atoms with van der Waals surface area (Å²) in [5.41, 5.74) is 0.485. The third-order valence-corrected chi connectivity index (χ3v) is 2.34. The molecule has 0 saturated heterocycles. The molecule has 0 aliphatic heterocycles. The average molecular weight is 211 g/mol. The molecule has 1 aromatic rings. The SMILES string of the molecule is Cc1c(Cl)cc(C(F)F)cc1Cl. The van der Waals surface area contributed by atoms with Crippen LogP contribution in [0.15, 0.2) is 12.1 Å². The summed E-state index contributed by atoms with van der Waals surface area (Å²) in [6.07, 6.45) is -2.53. The topological polar surface area (TPSA) is 0 Å². The minimum atomic E-state index is -2.53. The van der Waals surface area contributed by atoms with Crippen molar-refractivity contribution in [2.24, 2.45) is 0 Å². The van der Waals surface area contributed by atoms with Gasteiger partial charge in [0.1, 0.15) is 0 Å². The van der Waals surface area contributed by atoms with Crippen molar-refractivity contribution in [2.75, 3.05) is 0 Å². The van der Waals surface area contributed by atoms with Crippen LogP contribution in [0.4, 0.5) is 8.78 Å². The molecule has 0 aliphatic carbocycles. The molecule has 0 saturated carbocycles. The van der Waals surface area contributed by atoms with E-state index in [2.05, 4.69) is 0 Å². The zero-order chi connectivity index (χ0) is 9.30. The Morgan fingerprint density at radius 1 is 1.17 bits per heavy atom. The molecule has 0 bridgehead atoms. The second-order valence-electron chi connectivity index (χ2n) is 2.41. The van der Waals surface area contributed by atoms with Crippen LogP contribution in [0.2, 0.25) is 10.0 Å². The van der Waals surface area contributed by atoms with Gasteiger partial charge in [0, 0.05) is 15.6 Å². The molecule has 0 radical (unpaired) electrons. The van der Waals surface area contributed by atoms with E-state index in [4.69, 9.17) is 23.2 Å². The summed E-state index contributed by atoms with van der Waals surface area (Å²) < 4.78 is 24.3. The molecule has 0 atom stereocenters. The molecule has 66 valence electrons. The largest absolute Gasteiger partial charge is 0.263 e. The second kappa shape index (κ2) is 3.58. The fourth-order valence-electron chi connectivity index (χ4n) is 0.791. The molecule has 0 spiro atoms. The van der Waals surface area contributed by atoms with Gasteiger partial charge in [0.2, 0.25) is 0 Å². The predicted molar refractivity (Wildman–Crippen MR) is 46.2 cm³/mol. The molecule has 0 nitrogen and oxygen atoms in total. The Morgan fingerprint density at radius 3 is 1.92 bits per heavy atom. The first-order chi connectivity index (χ1) is 5.52. The summed E-state index contributed by atoms with van der Waals surface area (Å²) >= 11 is 11.3. The lowest BCUT2D eigenvalue weighted by Crippen LogP contribution is -1.86. The lowest BCUT2D eigenvalue weighted by Gasteiger charge is -2.04. The Kier molecular flexibility index (Phi) is 2.91. The molecular weight excluding hydrogens is 205 g/mol. The average Bonchev–Trinajstić information content (AvgIpc) is 1.99. The van der Waals surface area contributed by atoms with Crippen LogP contribution in [-0.4, -0.2) is 0 Å². The maximum absolute atomic E-state index is 12.1. The van der Waals surface area contributed by atoms with Crippen molar-refractivity contribution in [2.45, 2.75) is 13.3 Å². The smallest absolute Gasteiger partial charge is 0.205 e. The number of hydrogen-bond acceptors (Lipinski definition) is 0. The van der Waals surface area contributed by atoms with Gasteiger partial charge in [-0.15, -0.1) is 0 Å². The van der Waals surface area contributed by atoms with E-state index in [1.807, 2.05) is 0 Å². The van der Waals surface area contributed by atoms with Gasteiger partial charge in [-0.05, 0) is 24.6 Å². The van der Waals surface area contributed by atoms with Crippen LogP contribution in [-0.2, 0) is 0 Å². The number of halogens is 4. The van der Waals surface area contributed by atoms with Crippen LogP contribution < -0.4 is 0 Å². The Labute approximate surface area is 79.1 Å². The molecule has 1 aromatic carbocycles. The van der Waals surface area contributed by atoms with Crippen molar-refractivity contribution in [3.63, 3.8) is 0 Å². The quantitative estimate of drug-likeness (QED) is 0.651. The molecule has 0 unspecified atom stereocenters. The molecule has 0 N–H and O–H groups in total. The zero-order valence-corrected chi connectivity index (χ0v) is 7.76. The van der Waals surface area contributed by atoms with Crippen LogP contribution in [0.1, 0.15) is 17.6 Å². The van der Waals surface area contributed by atoms with Crippen molar-refractivity contribution in [1.29, 1.82) is 0 Å². The van der Waals surface area contributed by atoms with Gasteiger partial charge in [-0.2, -0.15) is 0 Å². The molecule has 0 aliphatic rings. The Morgan fingerprint density at radius 2 is 1.58 bits per heavy atom. The number of rotatable bonds is 1. The highest BCUT2D eigenvalue weighted by molar-refractivity contribution is 6.36. The first-order valence-corrected chi connectivity index (χ1v) is 4.01. The van der Waals surface area contributed by atoms with Crippen LogP contribution in [0, 0.1) is 6.92 Å². The minimum Gasteiger partial charge on any atom is -0.205 e. The minimum absolute atomic E-state index is 0.143. The van der Waals surface area contributed by atoms with Gasteiger partial charge in [0.25, 0.3) is 6.43 Å². The van der Waals surface area contributed by atoms with Gasteiger partial charge in [-0.1, -0.05) is 23.2 Å². The van der Waals surface area contributed by atoms with Crippen molar-refractivity contribution >= 4 is 23.2 Å². The number of hydrogen-bond donors (Lipinski definition) is 0. The first-order valence-electron chi connectivity index (χ1n) is 3.26. The van der Waals surface area contributed by atoms with Gasteiger partial charge in [-0.25, -0.2) is 8.78 Å². The normalized spacial score (nSPS) is 10.8. The first kappa shape index (κ1) is 9.75. The summed E-state index contributed by atoms with van der Waals surface area (Å²) in [6.45, 7) is 1.68. The third kappa shape index (κ3) is 1.87. The Hall–Kier alpha value is -0.340. The highest BCUT2D eigenvalue weighted by Gasteiger charge is 2.10. The van der Waals surface area contributed by atoms with Gasteiger partial charge in [-0.3, -0.25) is 0 Å². The van der Waals surface area contributed by atoms with Crippen LogP contribution >= 0.6 is 23.2 Å². The highest BCUT2D eigenvalue weighted by Crippen LogP contribution is 2.30. The maximum atomic E-state index is 12.1. The molecule has 0 heterocycles. The van der Waals surface area contributed by atoms with E-state index in [1.54, 1.807) is 6.92 Å². The number of alkyl halides is 2. The lowest BCUT2D eigenvalue weighted by atomic mass is 10.1. The summed E-state index contributed by atoms with van der Waals surface area (Å²) in [4.78, 5) is 0. The Balaban J connectivity index is 3.21. The fraction of sp³-hybridized carbons (Fsp3) is 0.250. The predicted octanol–water partition coefficient (Wildman–Crippen LogP) is 4.24. The molecule has 0 fully saturated rings. The van der Waals surface area contributed by atoms with Crippen LogP contribution in [0.3, 0.4) is 0 Å². The van der Waals surface area contributed by atoms with Gasteiger partial charge >= 0.3 is 0 Å². The summed E-state index contributed by atoms with van der Waals surface area (Å²) in [6, 6.07) is 2.46. The third-order valence-electron chi connectivity index (χ3n) is 1.56. The van der Waals surface area contributed by atoms with Crippen molar-refractivity contribution < 1.29 is 8.78 Å². The van der Waals surface area contributed by atoms with E-state index in [0.717, 1.165) is 0 Å². The van der Waals surface area contributed by atoms with E-state index in [1.165, 1.54) is 12.1 Å². The van der Waals surface area contributed by atoms with E-state index < -0.39 is 6.43 Å². The number of benzene rings is 1. The van der Waals surface area contributed by atoms with E-state index in [0.29, 0.717) is 5.56 Å². The molecule has 0 aromatic heterocycles. The van der Waals surface area contributed by atoms with Crippen LogP contribution in [0.25, 0.3) is 0 Å². The van der Waals surface area contributed by atoms with Crippen molar-refractivity contribution in [1.82, 2.24) is 0 Å². The molecule has 4 heteroatoms. The van der Waals surface area contributed by atoms with Gasteiger partial charge < -0.3 is 0 Å². The van der Waals surface area contributed by atoms with Crippen molar-refractivity contribution in [3.05, 3.63) is 33.3 Å². The van der Waals surface area contributed by atoms with E-state index in [-0.39, 0.29) is 15.6 Å². The molecular formula is C8H6Cl2F2. The fourth-order valence-corrected chi connectivity index (χ4v) is 1.29. The second-order valence-corrected chi connectivity index (χ2v) is 3.22. The van der Waals surface area contributed by atoms with Crippen molar-refractivity contribution in [3.8, 4) is 0 Å². The van der Waals surface area contributed by atoms with Gasteiger partial charge in [0.15, 0.2) is 0 Å². The molecule has 1 rings (SSSR count). The van der Waals surface area contributed by atoms with E-state index >= 15 is 0 Å². The molecule has 12 heavy (non-hydrogen) atoms. The van der Waals surface area contributed by atoms with Gasteiger partial charge in [0.05, 0.1) is 0 Å². The monoisotopic (exact) mass is 210 g/mol. The summed E-state index contributed by atoms with van der Waals surface area (Å²) in [7, 11) is 0. The van der Waals surface area contributed by atoms with E-state index in [9.17, 15) is 8.78 Å². The Bertz CT molecular complexity index is 274. The highest BCUT2D eigenvalue weighted by atomic mass is 35.5. The maximum Gasteiger partial charge on any atom is 0.263 e. The van der Waals surface area contributed by atoms with Crippen LogP contribution in [0.5, 0.6) is 0 Å². The summed E-state index contributed by atoms with van der Waals surface area (Å²) in [5.74, 6) is 0. The summed E-state index contributed by atoms with van der Waals surface area (Å²) in [5, 5.41) is 0.551. The lowest BCUT2D eigenvalue weighted by molar-refractivity contribution is 0.151. The molecule has 0 amide bonds. The standard InChI is InChI=1S/C8H6Cl2F2/c1-4-6(9)2-5(8(11)12)3-7(4)10/h2-3,8H,1H3.